The summed E-state index contributed by atoms with van der Waals surface area (Å²) in [7, 11) is -3.78. The zero-order chi connectivity index (χ0) is 14.3. The molecule has 0 saturated heterocycles. The average Bonchev–Trinajstić information content (AvgIpc) is 2.80. The van der Waals surface area contributed by atoms with Crippen LogP contribution in [-0.4, -0.2) is 15.0 Å². The number of benzene rings is 2. The van der Waals surface area contributed by atoms with Crippen molar-refractivity contribution in [2.24, 2.45) is 5.14 Å². The summed E-state index contributed by atoms with van der Waals surface area (Å²) in [5.74, 6) is 0. The van der Waals surface area contributed by atoms with E-state index in [4.69, 9.17) is 10.9 Å². The second-order valence-corrected chi connectivity index (χ2v) is 6.33. The van der Waals surface area contributed by atoms with Gasteiger partial charge in [0.15, 0.2) is 0 Å². The molecule has 104 valence electrons. The van der Waals surface area contributed by atoms with Crippen molar-refractivity contribution in [1.29, 1.82) is 0 Å². The van der Waals surface area contributed by atoms with E-state index >= 15 is 0 Å². The van der Waals surface area contributed by atoms with E-state index in [2.05, 4.69) is 11.0 Å². The molecule has 0 atom stereocenters. The highest BCUT2D eigenvalue weighted by Crippen LogP contribution is 2.35. The number of hydrogen-bond donors (Lipinski definition) is 2. The summed E-state index contributed by atoms with van der Waals surface area (Å²) < 4.78 is 22.7. The highest BCUT2D eigenvalue weighted by Gasteiger charge is 2.21. The van der Waals surface area contributed by atoms with E-state index in [1.807, 2.05) is 18.2 Å². The first-order valence-electron chi connectivity index (χ1n) is 6.24. The number of rotatable bonds is 2. The average molecular weight is 289 g/mol. The lowest BCUT2D eigenvalue weighted by Crippen LogP contribution is -2.16. The lowest BCUT2D eigenvalue weighted by Gasteiger charge is -2.20. The van der Waals surface area contributed by atoms with Gasteiger partial charge < -0.3 is 10.6 Å². The molecule has 0 fully saturated rings. The van der Waals surface area contributed by atoms with Crippen LogP contribution < -0.4 is 15.8 Å². The predicted octanol–water partition coefficient (Wildman–Crippen LogP) is 1.61. The van der Waals surface area contributed by atoms with Crippen LogP contribution in [0.2, 0.25) is 0 Å². The Balaban J connectivity index is 2.04. The summed E-state index contributed by atoms with van der Waals surface area (Å²) in [5, 5.41) is 5.12. The Morgan fingerprint density at radius 1 is 1.10 bits per heavy atom. The van der Waals surface area contributed by atoms with E-state index in [0.717, 1.165) is 24.3 Å². The number of primary sulfonamides is 1. The fraction of sp³-hybridized carbons (Fsp3) is 0.143. The SMILES string of the molecule is Nc1cc(N2CCc3ccccc32)ccc1S(N)(=O)=O. The Kier molecular flexibility index (Phi) is 2.92. The molecule has 1 aliphatic heterocycles. The largest absolute Gasteiger partial charge is 0.398 e. The van der Waals surface area contributed by atoms with Gasteiger partial charge in [-0.1, -0.05) is 18.2 Å². The van der Waals surface area contributed by atoms with Gasteiger partial charge in [-0.15, -0.1) is 0 Å². The second kappa shape index (κ2) is 4.50. The summed E-state index contributed by atoms with van der Waals surface area (Å²) in [6.07, 6.45) is 0.965. The normalized spacial score (nSPS) is 14.3. The molecule has 0 aromatic heterocycles. The van der Waals surface area contributed by atoms with Crippen LogP contribution in [0.15, 0.2) is 47.4 Å². The fourth-order valence-electron chi connectivity index (χ4n) is 2.57. The minimum atomic E-state index is -3.78. The van der Waals surface area contributed by atoms with Crippen molar-refractivity contribution in [3.8, 4) is 0 Å². The lowest BCUT2D eigenvalue weighted by atomic mass is 10.2. The molecule has 1 aliphatic rings. The van der Waals surface area contributed by atoms with Gasteiger partial charge in [0.1, 0.15) is 4.90 Å². The maximum atomic E-state index is 11.4. The molecule has 2 aromatic rings. The molecule has 0 saturated carbocycles. The van der Waals surface area contributed by atoms with Gasteiger partial charge in [-0.3, -0.25) is 0 Å². The number of para-hydroxylation sites is 1. The van der Waals surface area contributed by atoms with Crippen molar-refractivity contribution in [3.63, 3.8) is 0 Å². The van der Waals surface area contributed by atoms with Gasteiger partial charge in [-0.2, -0.15) is 0 Å². The Labute approximate surface area is 117 Å². The molecule has 0 bridgehead atoms. The summed E-state index contributed by atoms with van der Waals surface area (Å²) >= 11 is 0. The van der Waals surface area contributed by atoms with Crippen molar-refractivity contribution in [2.75, 3.05) is 17.2 Å². The lowest BCUT2D eigenvalue weighted by molar-refractivity contribution is 0.598. The molecular formula is C14H15N3O2S. The van der Waals surface area contributed by atoms with Gasteiger partial charge in [-0.05, 0) is 36.2 Å². The Hall–Kier alpha value is -2.05. The fourth-order valence-corrected chi connectivity index (χ4v) is 3.21. The van der Waals surface area contributed by atoms with E-state index in [9.17, 15) is 8.42 Å². The van der Waals surface area contributed by atoms with Gasteiger partial charge >= 0.3 is 0 Å². The number of anilines is 3. The zero-order valence-corrected chi connectivity index (χ0v) is 11.6. The van der Waals surface area contributed by atoms with Crippen LogP contribution >= 0.6 is 0 Å². The van der Waals surface area contributed by atoms with Crippen molar-refractivity contribution >= 4 is 27.1 Å². The molecule has 6 heteroatoms. The van der Waals surface area contributed by atoms with Crippen LogP contribution in [0, 0.1) is 0 Å². The molecule has 20 heavy (non-hydrogen) atoms. The first-order chi connectivity index (χ1) is 9.47. The molecule has 0 amide bonds. The first kappa shape index (κ1) is 13.0. The molecule has 5 nitrogen and oxygen atoms in total. The van der Waals surface area contributed by atoms with E-state index < -0.39 is 10.0 Å². The first-order valence-corrected chi connectivity index (χ1v) is 7.79. The third-order valence-electron chi connectivity index (χ3n) is 3.50. The molecule has 3 rings (SSSR count). The zero-order valence-electron chi connectivity index (χ0n) is 10.8. The molecule has 2 aromatic carbocycles. The Morgan fingerprint density at radius 2 is 1.85 bits per heavy atom. The Bertz CT molecular complexity index is 772. The number of nitrogen functional groups attached to an aromatic ring is 1. The van der Waals surface area contributed by atoms with Crippen molar-refractivity contribution in [1.82, 2.24) is 0 Å². The third-order valence-corrected chi connectivity index (χ3v) is 4.48. The standard InChI is InChI=1S/C14H15N3O2S/c15-12-9-11(5-6-14(12)20(16,18)19)17-8-7-10-3-1-2-4-13(10)17/h1-6,9H,7-8,15H2,(H2,16,18,19). The highest BCUT2D eigenvalue weighted by atomic mass is 32.2. The van der Waals surface area contributed by atoms with Gasteiger partial charge in [-0.25, -0.2) is 13.6 Å². The number of sulfonamides is 1. The quantitative estimate of drug-likeness (QED) is 0.822. The van der Waals surface area contributed by atoms with Crippen LogP contribution in [0.4, 0.5) is 17.1 Å². The second-order valence-electron chi connectivity index (χ2n) is 4.80. The maximum Gasteiger partial charge on any atom is 0.240 e. The molecular weight excluding hydrogens is 274 g/mol. The molecule has 0 aliphatic carbocycles. The highest BCUT2D eigenvalue weighted by molar-refractivity contribution is 7.89. The summed E-state index contributed by atoms with van der Waals surface area (Å²) in [6, 6.07) is 13.0. The number of hydrogen-bond acceptors (Lipinski definition) is 4. The molecule has 1 heterocycles. The summed E-state index contributed by atoms with van der Waals surface area (Å²) in [5.41, 5.74) is 9.27. The van der Waals surface area contributed by atoms with E-state index in [0.29, 0.717) is 0 Å². The molecule has 0 spiro atoms. The summed E-state index contributed by atoms with van der Waals surface area (Å²) in [4.78, 5) is 2.09. The minimum Gasteiger partial charge on any atom is -0.398 e. The van der Waals surface area contributed by atoms with Gasteiger partial charge in [0.2, 0.25) is 10.0 Å². The van der Waals surface area contributed by atoms with Crippen molar-refractivity contribution < 1.29 is 8.42 Å². The van der Waals surface area contributed by atoms with Crippen molar-refractivity contribution in [2.45, 2.75) is 11.3 Å². The smallest absolute Gasteiger partial charge is 0.240 e. The van der Waals surface area contributed by atoms with Crippen LogP contribution in [0.25, 0.3) is 0 Å². The topological polar surface area (TPSA) is 89.4 Å². The van der Waals surface area contributed by atoms with E-state index in [-0.39, 0.29) is 10.6 Å². The van der Waals surface area contributed by atoms with Gasteiger partial charge in [0, 0.05) is 17.9 Å². The maximum absolute atomic E-state index is 11.4. The van der Waals surface area contributed by atoms with Crippen LogP contribution in [0.3, 0.4) is 0 Å². The Morgan fingerprint density at radius 3 is 2.55 bits per heavy atom. The molecule has 0 unspecified atom stereocenters. The van der Waals surface area contributed by atoms with Gasteiger partial charge in [0.25, 0.3) is 0 Å². The minimum absolute atomic E-state index is 0.0336. The van der Waals surface area contributed by atoms with E-state index in [1.165, 1.54) is 11.6 Å². The van der Waals surface area contributed by atoms with Gasteiger partial charge in [0.05, 0.1) is 5.69 Å². The molecule has 0 radical (unpaired) electrons. The van der Waals surface area contributed by atoms with Crippen LogP contribution in [0.5, 0.6) is 0 Å². The third kappa shape index (κ3) is 2.13. The van der Waals surface area contributed by atoms with Crippen molar-refractivity contribution in [3.05, 3.63) is 48.0 Å². The van der Waals surface area contributed by atoms with E-state index in [1.54, 1.807) is 12.1 Å². The summed E-state index contributed by atoms with van der Waals surface area (Å²) in [6.45, 7) is 0.855. The predicted molar refractivity (Wildman–Crippen MR) is 79.4 cm³/mol. The molecule has 4 N–H and O–H groups in total. The number of fused-ring (bicyclic) bond motifs is 1. The number of nitrogens with zero attached hydrogens (tertiary/aromatic N) is 1. The van der Waals surface area contributed by atoms with Crippen LogP contribution in [-0.2, 0) is 16.4 Å². The monoisotopic (exact) mass is 289 g/mol. The van der Waals surface area contributed by atoms with Crippen LogP contribution in [0.1, 0.15) is 5.56 Å². The number of nitrogens with two attached hydrogens (primary N) is 2.